The summed E-state index contributed by atoms with van der Waals surface area (Å²) in [7, 11) is 7.47. The zero-order valence-corrected chi connectivity index (χ0v) is 17.5. The fraction of sp³-hybridized carbons (Fsp3) is 0.160. The molecule has 0 saturated carbocycles. The Morgan fingerprint density at radius 1 is 0.800 bits per heavy atom. The molecule has 0 bridgehead atoms. The van der Waals surface area contributed by atoms with Crippen LogP contribution in [0.15, 0.2) is 72.1 Å². The van der Waals surface area contributed by atoms with Crippen LogP contribution in [0.4, 0.5) is 11.4 Å². The number of aryl methyl sites for hydroxylation is 1. The maximum Gasteiger partial charge on any atom is 0.121 e. The molecule has 5 rings (SSSR count). The van der Waals surface area contributed by atoms with Crippen molar-refractivity contribution < 1.29 is 9.57 Å². The summed E-state index contributed by atoms with van der Waals surface area (Å²) in [6.07, 6.45) is 1.83. The van der Waals surface area contributed by atoms with Crippen molar-refractivity contribution in [2.75, 3.05) is 26.2 Å². The Morgan fingerprint density at radius 3 is 2.37 bits per heavy atom. The number of anilines is 2. The monoisotopic (exact) mass is 397 g/mol. The summed E-state index contributed by atoms with van der Waals surface area (Å²) in [6, 6.07) is 21.1. The molecule has 30 heavy (non-hydrogen) atoms. The van der Waals surface area contributed by atoms with E-state index in [0.717, 1.165) is 55.2 Å². The van der Waals surface area contributed by atoms with Crippen LogP contribution in [0.3, 0.4) is 0 Å². The standard InChI is InChI=1S/C25H23N3O2/c1-27-21-11-7-5-9-16(21)20(15-29-3)18-13-24-19(14-23(18)27)25(26-30-4)17-10-6-8-12-22(17)28(24)2/h5-15H,1-4H3/b20-15-,26-25+. The molecule has 0 N–H and O–H groups in total. The zero-order chi connectivity index (χ0) is 20.8. The van der Waals surface area contributed by atoms with Crippen LogP contribution in [-0.4, -0.2) is 25.8 Å². The molecule has 3 aromatic carbocycles. The number of para-hydroxylation sites is 2. The Bertz CT molecular complexity index is 1400. The number of ether oxygens (including phenoxy) is 1. The molecule has 0 amide bonds. The molecular formula is C25H23N3O2. The Balaban J connectivity index is 1.96. The number of nitrogens with zero attached hydrogens (tertiary/aromatic N) is 3. The van der Waals surface area contributed by atoms with Gasteiger partial charge in [0, 0.05) is 52.9 Å². The van der Waals surface area contributed by atoms with Crippen molar-refractivity contribution in [3.05, 3.63) is 83.4 Å². The molecule has 1 aliphatic rings. The number of benzene rings is 3. The summed E-state index contributed by atoms with van der Waals surface area (Å²) in [5, 5.41) is 7.35. The third-order valence-corrected chi connectivity index (χ3v) is 5.88. The van der Waals surface area contributed by atoms with E-state index in [4.69, 9.17) is 9.57 Å². The summed E-state index contributed by atoms with van der Waals surface area (Å²) >= 11 is 0. The molecule has 0 radical (unpaired) electrons. The fourth-order valence-corrected chi connectivity index (χ4v) is 4.48. The van der Waals surface area contributed by atoms with Crippen LogP contribution >= 0.6 is 0 Å². The Kier molecular flexibility index (Phi) is 4.24. The molecule has 0 unspecified atom stereocenters. The van der Waals surface area contributed by atoms with Gasteiger partial charge in [-0.2, -0.15) is 0 Å². The minimum absolute atomic E-state index is 0.841. The summed E-state index contributed by atoms with van der Waals surface area (Å²) < 4.78 is 7.69. The van der Waals surface area contributed by atoms with E-state index >= 15 is 0 Å². The van der Waals surface area contributed by atoms with E-state index in [9.17, 15) is 0 Å². The van der Waals surface area contributed by atoms with Crippen molar-refractivity contribution in [1.29, 1.82) is 0 Å². The average molecular weight is 397 g/mol. The van der Waals surface area contributed by atoms with Gasteiger partial charge < -0.3 is 19.0 Å². The van der Waals surface area contributed by atoms with Crippen molar-refractivity contribution >= 4 is 38.8 Å². The lowest BCUT2D eigenvalue weighted by Gasteiger charge is -2.32. The van der Waals surface area contributed by atoms with Gasteiger partial charge in [-0.15, -0.1) is 0 Å². The molecular weight excluding hydrogens is 374 g/mol. The minimum atomic E-state index is 0.841. The van der Waals surface area contributed by atoms with E-state index in [2.05, 4.69) is 77.2 Å². The molecule has 1 aromatic heterocycles. The van der Waals surface area contributed by atoms with E-state index in [1.165, 1.54) is 0 Å². The predicted molar refractivity (Wildman–Crippen MR) is 122 cm³/mol. The third-order valence-electron chi connectivity index (χ3n) is 5.88. The summed E-state index contributed by atoms with van der Waals surface area (Å²) in [5.41, 5.74) is 7.77. The van der Waals surface area contributed by atoms with Gasteiger partial charge in [0.25, 0.3) is 0 Å². The lowest BCUT2D eigenvalue weighted by molar-refractivity contribution is 0.202. The quantitative estimate of drug-likeness (QED) is 0.274. The topological polar surface area (TPSA) is 39.0 Å². The summed E-state index contributed by atoms with van der Waals surface area (Å²) in [6.45, 7) is 0. The lowest BCUT2D eigenvalue weighted by atomic mass is 9.90. The second kappa shape index (κ2) is 6.95. The van der Waals surface area contributed by atoms with Crippen LogP contribution in [-0.2, 0) is 16.6 Å². The van der Waals surface area contributed by atoms with Crippen LogP contribution in [0.1, 0.15) is 11.1 Å². The van der Waals surface area contributed by atoms with Crippen LogP contribution in [0.5, 0.6) is 0 Å². The summed E-state index contributed by atoms with van der Waals surface area (Å²) in [5.74, 6) is 0. The first-order chi connectivity index (χ1) is 14.7. The van der Waals surface area contributed by atoms with Gasteiger partial charge in [0.05, 0.1) is 24.4 Å². The molecule has 2 heterocycles. The maximum absolute atomic E-state index is 5.48. The Labute approximate surface area is 175 Å². The molecule has 0 saturated heterocycles. The first kappa shape index (κ1) is 18.3. The van der Waals surface area contributed by atoms with Crippen molar-refractivity contribution in [2.24, 2.45) is 12.2 Å². The van der Waals surface area contributed by atoms with E-state index in [0.29, 0.717) is 0 Å². The predicted octanol–water partition coefficient (Wildman–Crippen LogP) is 4.91. The number of fused-ring (bicyclic) bond motifs is 4. The van der Waals surface area contributed by atoms with Gasteiger partial charge in [0.15, 0.2) is 0 Å². The number of aromatic nitrogens is 1. The van der Waals surface area contributed by atoms with E-state index in [1.54, 1.807) is 14.2 Å². The minimum Gasteiger partial charge on any atom is -0.504 e. The van der Waals surface area contributed by atoms with E-state index in [1.807, 2.05) is 18.4 Å². The van der Waals surface area contributed by atoms with Gasteiger partial charge in [-0.05, 0) is 24.3 Å². The molecule has 1 aliphatic heterocycles. The SMILES string of the molecule is CO/C=C1/c2ccccc2N(C)c2cc3/c(=N/OC)c4ccccc4n(C)c3cc21. The van der Waals surface area contributed by atoms with Gasteiger partial charge in [0.1, 0.15) is 12.5 Å². The third kappa shape index (κ3) is 2.52. The lowest BCUT2D eigenvalue weighted by Crippen LogP contribution is -2.20. The summed E-state index contributed by atoms with van der Waals surface area (Å²) in [4.78, 5) is 7.47. The molecule has 150 valence electrons. The normalized spacial score (nSPS) is 14.9. The number of methoxy groups -OCH3 is 1. The average Bonchev–Trinajstić information content (AvgIpc) is 2.78. The number of pyridine rings is 1. The van der Waals surface area contributed by atoms with Gasteiger partial charge in [0.2, 0.25) is 0 Å². The largest absolute Gasteiger partial charge is 0.504 e. The Hall–Kier alpha value is -3.73. The second-order valence-electron chi connectivity index (χ2n) is 7.43. The number of rotatable bonds is 2. The van der Waals surface area contributed by atoms with Crippen molar-refractivity contribution in [3.63, 3.8) is 0 Å². The van der Waals surface area contributed by atoms with Gasteiger partial charge in [-0.1, -0.05) is 41.6 Å². The highest BCUT2D eigenvalue weighted by Crippen LogP contribution is 2.45. The van der Waals surface area contributed by atoms with Crippen LogP contribution < -0.4 is 10.3 Å². The fourth-order valence-electron chi connectivity index (χ4n) is 4.48. The first-order valence-corrected chi connectivity index (χ1v) is 9.85. The van der Waals surface area contributed by atoms with Gasteiger partial charge in [-0.3, -0.25) is 0 Å². The maximum atomic E-state index is 5.48. The van der Waals surface area contributed by atoms with Crippen LogP contribution in [0, 0.1) is 0 Å². The molecule has 0 atom stereocenters. The second-order valence-corrected chi connectivity index (χ2v) is 7.43. The Morgan fingerprint density at radius 2 is 1.57 bits per heavy atom. The number of hydrogen-bond donors (Lipinski definition) is 0. The van der Waals surface area contributed by atoms with E-state index in [-0.39, 0.29) is 0 Å². The van der Waals surface area contributed by atoms with Crippen LogP contribution in [0.25, 0.3) is 27.4 Å². The molecule has 4 aromatic rings. The highest BCUT2D eigenvalue weighted by Gasteiger charge is 2.26. The molecule has 5 nitrogen and oxygen atoms in total. The van der Waals surface area contributed by atoms with Crippen molar-refractivity contribution in [1.82, 2.24) is 4.57 Å². The van der Waals surface area contributed by atoms with Gasteiger partial charge in [-0.25, -0.2) is 0 Å². The van der Waals surface area contributed by atoms with E-state index < -0.39 is 0 Å². The molecule has 5 heteroatoms. The van der Waals surface area contributed by atoms with Crippen molar-refractivity contribution in [2.45, 2.75) is 0 Å². The molecule has 0 fully saturated rings. The van der Waals surface area contributed by atoms with Gasteiger partial charge >= 0.3 is 0 Å². The number of hydrogen-bond acceptors (Lipinski definition) is 4. The zero-order valence-electron chi connectivity index (χ0n) is 17.5. The highest BCUT2D eigenvalue weighted by molar-refractivity contribution is 6.03. The highest BCUT2D eigenvalue weighted by atomic mass is 16.6. The van der Waals surface area contributed by atoms with Crippen molar-refractivity contribution in [3.8, 4) is 0 Å². The molecule has 0 spiro atoms. The van der Waals surface area contributed by atoms with Crippen LogP contribution in [0.2, 0.25) is 0 Å². The molecule has 0 aliphatic carbocycles. The smallest absolute Gasteiger partial charge is 0.121 e. The first-order valence-electron chi connectivity index (χ1n) is 9.85.